The molecule has 4 heterocycles. The summed E-state index contributed by atoms with van der Waals surface area (Å²) in [6.07, 6.45) is 6.53. The number of methoxy groups -OCH3 is 1. The predicted molar refractivity (Wildman–Crippen MR) is 99.5 cm³/mol. The molecule has 1 N–H and O–H groups in total. The van der Waals surface area contributed by atoms with Crippen LogP contribution in [0.4, 0.5) is 5.82 Å². The summed E-state index contributed by atoms with van der Waals surface area (Å²) in [7, 11) is 5.22. The van der Waals surface area contributed by atoms with Crippen molar-refractivity contribution in [1.29, 1.82) is 0 Å². The fourth-order valence-corrected chi connectivity index (χ4v) is 2.85. The molecule has 0 atom stereocenters. The number of ether oxygens (including phenoxy) is 1. The summed E-state index contributed by atoms with van der Waals surface area (Å²) in [5, 5.41) is 7.73. The molecule has 27 heavy (non-hydrogen) atoms. The lowest BCUT2D eigenvalue weighted by Crippen LogP contribution is -2.12. The largest absolute Gasteiger partial charge is 0.467 e. The molecule has 9 nitrogen and oxygen atoms in total. The van der Waals surface area contributed by atoms with E-state index in [1.165, 1.54) is 13.3 Å². The Labute approximate surface area is 154 Å². The molecule has 0 aliphatic carbocycles. The Morgan fingerprint density at radius 2 is 2.04 bits per heavy atom. The topological polar surface area (TPSA) is 99.8 Å². The number of nitrogens with zero attached hydrogens (tertiary/aromatic N) is 6. The lowest BCUT2D eigenvalue weighted by atomic mass is 10.2. The number of carbonyl (C=O) groups is 1. The third-order valence-corrected chi connectivity index (χ3v) is 4.21. The molecule has 0 saturated carbocycles. The molecule has 4 rings (SSSR count). The van der Waals surface area contributed by atoms with Gasteiger partial charge in [-0.2, -0.15) is 10.1 Å². The van der Waals surface area contributed by atoms with Crippen molar-refractivity contribution in [3.05, 3.63) is 48.5 Å². The van der Waals surface area contributed by atoms with Gasteiger partial charge in [0.15, 0.2) is 0 Å². The summed E-state index contributed by atoms with van der Waals surface area (Å²) < 4.78 is 8.66. The van der Waals surface area contributed by atoms with Gasteiger partial charge in [-0.1, -0.05) is 0 Å². The molecule has 0 bridgehead atoms. The SMILES string of the molecule is COc1nccc(-c2cc3cnc(NC(=O)c4cnn(C)c4)cc3n2C)n1. The number of anilines is 1. The lowest BCUT2D eigenvalue weighted by molar-refractivity contribution is 0.102. The van der Waals surface area contributed by atoms with Crippen LogP contribution < -0.4 is 10.1 Å². The van der Waals surface area contributed by atoms with E-state index in [0.717, 1.165) is 22.3 Å². The molecule has 0 fully saturated rings. The van der Waals surface area contributed by atoms with Crippen LogP contribution in [-0.4, -0.2) is 42.3 Å². The predicted octanol–water partition coefficient (Wildman–Crippen LogP) is 2.02. The fraction of sp³-hybridized carbons (Fsp3) is 0.167. The van der Waals surface area contributed by atoms with E-state index in [0.29, 0.717) is 17.4 Å². The minimum atomic E-state index is -0.259. The molecule has 1 amide bonds. The number of carbonyl (C=O) groups excluding carboxylic acids is 1. The Balaban J connectivity index is 1.68. The first-order valence-electron chi connectivity index (χ1n) is 8.18. The van der Waals surface area contributed by atoms with Crippen LogP contribution in [-0.2, 0) is 14.1 Å². The van der Waals surface area contributed by atoms with Crippen LogP contribution in [0.2, 0.25) is 0 Å². The summed E-state index contributed by atoms with van der Waals surface area (Å²) in [4.78, 5) is 25.0. The lowest BCUT2D eigenvalue weighted by Gasteiger charge is -2.06. The maximum atomic E-state index is 12.3. The van der Waals surface area contributed by atoms with Crippen LogP contribution in [0.15, 0.2) is 43.0 Å². The highest BCUT2D eigenvalue weighted by atomic mass is 16.5. The maximum Gasteiger partial charge on any atom is 0.316 e. The molecule has 9 heteroatoms. The van der Waals surface area contributed by atoms with E-state index >= 15 is 0 Å². The number of aromatic nitrogens is 6. The van der Waals surface area contributed by atoms with E-state index in [-0.39, 0.29) is 5.91 Å². The Morgan fingerprint density at radius 3 is 2.78 bits per heavy atom. The van der Waals surface area contributed by atoms with E-state index < -0.39 is 0 Å². The molecule has 4 aromatic rings. The number of nitrogens with one attached hydrogen (secondary N) is 1. The molecular weight excluding hydrogens is 346 g/mol. The molecule has 4 aromatic heterocycles. The second kappa shape index (κ2) is 6.52. The van der Waals surface area contributed by atoms with E-state index in [1.807, 2.05) is 29.8 Å². The van der Waals surface area contributed by atoms with Gasteiger partial charge in [0, 0.05) is 44.1 Å². The van der Waals surface area contributed by atoms with Gasteiger partial charge in [0.25, 0.3) is 5.91 Å². The van der Waals surface area contributed by atoms with Gasteiger partial charge in [0.2, 0.25) is 0 Å². The third kappa shape index (κ3) is 3.10. The zero-order chi connectivity index (χ0) is 19.0. The summed E-state index contributed by atoms with van der Waals surface area (Å²) in [5.74, 6) is 0.203. The van der Waals surface area contributed by atoms with Crippen molar-refractivity contribution in [2.45, 2.75) is 0 Å². The Bertz CT molecular complexity index is 1150. The second-order valence-electron chi connectivity index (χ2n) is 6.00. The standard InChI is InChI=1S/C18H17N7O2/c1-24-10-12(9-21-24)17(26)23-16-7-14-11(8-20-16)6-15(25(14)2)13-4-5-19-18(22-13)27-3/h4-10H,1-3H3,(H,20,23,26). The highest BCUT2D eigenvalue weighted by molar-refractivity contribution is 6.04. The molecule has 0 saturated heterocycles. The summed E-state index contributed by atoms with van der Waals surface area (Å²) in [5.41, 5.74) is 3.02. The number of hydrogen-bond acceptors (Lipinski definition) is 6. The van der Waals surface area contributed by atoms with Crippen molar-refractivity contribution in [3.8, 4) is 17.4 Å². The minimum absolute atomic E-state index is 0.259. The molecule has 0 aliphatic rings. The number of pyridine rings is 1. The molecule has 136 valence electrons. The zero-order valence-electron chi connectivity index (χ0n) is 15.0. The van der Waals surface area contributed by atoms with Crippen LogP contribution in [0.1, 0.15) is 10.4 Å². The average Bonchev–Trinajstić information content (AvgIpc) is 3.26. The number of amides is 1. The van der Waals surface area contributed by atoms with Crippen molar-refractivity contribution in [2.75, 3.05) is 12.4 Å². The number of hydrogen-bond donors (Lipinski definition) is 1. The van der Waals surface area contributed by atoms with E-state index in [1.54, 1.807) is 30.3 Å². The summed E-state index contributed by atoms with van der Waals surface area (Å²) >= 11 is 0. The van der Waals surface area contributed by atoms with E-state index in [2.05, 4.69) is 25.4 Å². The molecule has 0 aromatic carbocycles. The van der Waals surface area contributed by atoms with Gasteiger partial charge in [-0.05, 0) is 12.1 Å². The second-order valence-corrected chi connectivity index (χ2v) is 6.00. The highest BCUT2D eigenvalue weighted by Crippen LogP contribution is 2.27. The monoisotopic (exact) mass is 363 g/mol. The van der Waals surface area contributed by atoms with Gasteiger partial charge in [0.1, 0.15) is 5.82 Å². The zero-order valence-corrected chi connectivity index (χ0v) is 15.0. The average molecular weight is 363 g/mol. The highest BCUT2D eigenvalue weighted by Gasteiger charge is 2.13. The third-order valence-electron chi connectivity index (χ3n) is 4.21. The first-order valence-corrected chi connectivity index (χ1v) is 8.18. The minimum Gasteiger partial charge on any atom is -0.467 e. The Morgan fingerprint density at radius 1 is 1.19 bits per heavy atom. The van der Waals surface area contributed by atoms with Crippen LogP contribution >= 0.6 is 0 Å². The number of aryl methyl sites for hydroxylation is 2. The van der Waals surface area contributed by atoms with Crippen molar-refractivity contribution in [1.82, 2.24) is 29.3 Å². The summed E-state index contributed by atoms with van der Waals surface area (Å²) in [6, 6.07) is 5.93. The molecular formula is C18H17N7O2. The van der Waals surface area contributed by atoms with Crippen LogP contribution in [0.25, 0.3) is 22.3 Å². The Kier molecular flexibility index (Phi) is 4.03. The van der Waals surface area contributed by atoms with Gasteiger partial charge in [-0.3, -0.25) is 9.48 Å². The normalized spacial score (nSPS) is 10.9. The summed E-state index contributed by atoms with van der Waals surface area (Å²) in [6.45, 7) is 0. The maximum absolute atomic E-state index is 12.3. The molecule has 0 aliphatic heterocycles. The van der Waals surface area contributed by atoms with Crippen LogP contribution in [0, 0.1) is 0 Å². The van der Waals surface area contributed by atoms with Crippen LogP contribution in [0.3, 0.4) is 0 Å². The number of fused-ring (bicyclic) bond motifs is 1. The fourth-order valence-electron chi connectivity index (χ4n) is 2.85. The van der Waals surface area contributed by atoms with Crippen molar-refractivity contribution < 1.29 is 9.53 Å². The molecule has 0 unspecified atom stereocenters. The van der Waals surface area contributed by atoms with Gasteiger partial charge in [0.05, 0.1) is 35.8 Å². The van der Waals surface area contributed by atoms with Gasteiger partial charge >= 0.3 is 6.01 Å². The van der Waals surface area contributed by atoms with Crippen LogP contribution in [0.5, 0.6) is 6.01 Å². The smallest absolute Gasteiger partial charge is 0.316 e. The van der Waals surface area contributed by atoms with Gasteiger partial charge in [-0.25, -0.2) is 9.97 Å². The number of rotatable bonds is 4. The van der Waals surface area contributed by atoms with Gasteiger partial charge in [-0.15, -0.1) is 0 Å². The Hall–Kier alpha value is -3.75. The van der Waals surface area contributed by atoms with Crippen molar-refractivity contribution in [2.24, 2.45) is 14.1 Å². The van der Waals surface area contributed by atoms with Gasteiger partial charge < -0.3 is 14.6 Å². The molecule has 0 radical (unpaired) electrons. The molecule has 0 spiro atoms. The first kappa shape index (κ1) is 16.7. The first-order chi connectivity index (χ1) is 13.0. The van der Waals surface area contributed by atoms with E-state index in [4.69, 9.17) is 4.74 Å². The quantitative estimate of drug-likeness (QED) is 0.595. The van der Waals surface area contributed by atoms with E-state index in [9.17, 15) is 4.79 Å². The van der Waals surface area contributed by atoms with Crippen molar-refractivity contribution in [3.63, 3.8) is 0 Å². The van der Waals surface area contributed by atoms with Crippen molar-refractivity contribution >= 4 is 22.6 Å².